The van der Waals surface area contributed by atoms with Crippen molar-refractivity contribution in [3.63, 3.8) is 0 Å². The highest BCUT2D eigenvalue weighted by Gasteiger charge is 2.30. The first-order valence-corrected chi connectivity index (χ1v) is 7.41. The van der Waals surface area contributed by atoms with E-state index in [9.17, 15) is 4.79 Å². The van der Waals surface area contributed by atoms with Crippen LogP contribution in [-0.4, -0.2) is 23.0 Å². The lowest BCUT2D eigenvalue weighted by Crippen LogP contribution is -2.25. The van der Waals surface area contributed by atoms with Crippen LogP contribution < -0.4 is 0 Å². The molecule has 0 N–H and O–H groups in total. The summed E-state index contributed by atoms with van der Waals surface area (Å²) in [5.74, 6) is 4.48. The fraction of sp³-hybridized carbons (Fsp3) is 0.750. The number of Topliss-reactive ketones (excluding diaryl/α,β-unsaturated/α-hetero) is 1. The van der Waals surface area contributed by atoms with Gasteiger partial charge < -0.3 is 0 Å². The Hall–Kier alpha value is -0.240. The molecule has 1 aliphatic carbocycles. The average Bonchev–Trinajstić information content (AvgIpc) is 2.72. The van der Waals surface area contributed by atoms with Crippen LogP contribution in [0.15, 0.2) is 12.2 Å². The Kier molecular flexibility index (Phi) is 3.68. The molecule has 0 aromatic heterocycles. The molecule has 1 aliphatic heterocycles. The van der Waals surface area contributed by atoms with Crippen LogP contribution in [0.4, 0.5) is 0 Å². The van der Waals surface area contributed by atoms with Crippen molar-refractivity contribution in [2.24, 2.45) is 5.92 Å². The highest BCUT2D eigenvalue weighted by Crippen LogP contribution is 2.22. The van der Waals surface area contributed by atoms with Crippen molar-refractivity contribution in [3.8, 4) is 0 Å². The van der Waals surface area contributed by atoms with Crippen LogP contribution in [0.1, 0.15) is 32.1 Å². The molecule has 0 aromatic rings. The smallest absolute Gasteiger partial charge is 0.185 e. The van der Waals surface area contributed by atoms with Gasteiger partial charge in [0.05, 0.1) is 0 Å². The van der Waals surface area contributed by atoms with Crippen molar-refractivity contribution in [2.75, 3.05) is 17.3 Å². The summed E-state index contributed by atoms with van der Waals surface area (Å²) in [5, 5.41) is 0. The highest BCUT2D eigenvalue weighted by molar-refractivity contribution is 7.97. The molecular weight excluding hydrogens is 192 g/mol. The highest BCUT2D eigenvalue weighted by atomic mass is 32.2. The number of allylic oxidation sites excluding steroid dienone is 2. The predicted molar refractivity (Wildman–Crippen MR) is 62.7 cm³/mol. The number of carbonyl (C=O) groups excluding carboxylic acids is 1. The maximum atomic E-state index is 11.9. The molecule has 0 aromatic carbocycles. The third kappa shape index (κ3) is 2.63. The summed E-state index contributed by atoms with van der Waals surface area (Å²) in [4.78, 5) is 11.9. The van der Waals surface area contributed by atoms with Gasteiger partial charge in [0.25, 0.3) is 0 Å². The number of rotatable bonds is 3. The Morgan fingerprint density at radius 1 is 1.29 bits per heavy atom. The minimum Gasteiger partial charge on any atom is -0.294 e. The van der Waals surface area contributed by atoms with Crippen LogP contribution in [0.2, 0.25) is 0 Å². The van der Waals surface area contributed by atoms with E-state index in [0.29, 0.717) is 22.6 Å². The molecule has 1 atom stereocenters. The maximum Gasteiger partial charge on any atom is 0.185 e. The summed E-state index contributed by atoms with van der Waals surface area (Å²) in [5.41, 5.74) is 0. The lowest BCUT2D eigenvalue weighted by molar-refractivity contribution is -0.120. The van der Waals surface area contributed by atoms with Crippen LogP contribution in [-0.2, 0) is 15.7 Å². The van der Waals surface area contributed by atoms with Gasteiger partial charge in [-0.2, -0.15) is 0 Å². The molecule has 2 heteroatoms. The molecule has 0 spiro atoms. The molecule has 1 saturated heterocycles. The zero-order valence-electron chi connectivity index (χ0n) is 8.71. The molecule has 0 saturated carbocycles. The van der Waals surface area contributed by atoms with E-state index in [1.54, 1.807) is 0 Å². The Morgan fingerprint density at radius 2 is 2.07 bits per heavy atom. The molecule has 2 rings (SSSR count). The molecule has 2 aliphatic rings. The Labute approximate surface area is 89.3 Å². The Morgan fingerprint density at radius 3 is 2.71 bits per heavy atom. The Balaban J connectivity index is 1.79. The van der Waals surface area contributed by atoms with Gasteiger partial charge in [-0.25, -0.2) is 0 Å². The van der Waals surface area contributed by atoms with E-state index in [0.717, 1.165) is 25.0 Å². The van der Waals surface area contributed by atoms with Crippen LogP contribution >= 0.6 is 0 Å². The summed E-state index contributed by atoms with van der Waals surface area (Å²) >= 11 is 0. The van der Waals surface area contributed by atoms with E-state index < -0.39 is 0 Å². The first-order valence-electron chi connectivity index (χ1n) is 5.68. The molecule has 0 radical (unpaired) electrons. The average molecular weight is 211 g/mol. The molecule has 1 nitrogen and oxygen atoms in total. The van der Waals surface area contributed by atoms with Gasteiger partial charge in [-0.3, -0.25) is 4.79 Å². The number of carbonyl (C=O) groups is 1. The summed E-state index contributed by atoms with van der Waals surface area (Å²) in [6, 6.07) is 0. The van der Waals surface area contributed by atoms with Crippen LogP contribution in [0, 0.1) is 5.92 Å². The van der Waals surface area contributed by atoms with Gasteiger partial charge in [0.2, 0.25) is 0 Å². The van der Waals surface area contributed by atoms with E-state index >= 15 is 0 Å². The summed E-state index contributed by atoms with van der Waals surface area (Å²) in [6.07, 6.45) is 10.3. The SMILES string of the molecule is O=C(C[S+]1CCCC1)C1CC=CCC1. The normalized spacial score (nSPS) is 28.1. The van der Waals surface area contributed by atoms with Gasteiger partial charge in [0, 0.05) is 5.92 Å². The third-order valence-corrected chi connectivity index (χ3v) is 5.61. The largest absolute Gasteiger partial charge is 0.294 e. The Bertz CT molecular complexity index is 228. The summed E-state index contributed by atoms with van der Waals surface area (Å²) < 4.78 is 0. The predicted octanol–water partition coefficient (Wildman–Crippen LogP) is 2.32. The van der Waals surface area contributed by atoms with Gasteiger partial charge >= 0.3 is 0 Å². The van der Waals surface area contributed by atoms with E-state index in [2.05, 4.69) is 12.2 Å². The number of ketones is 1. The molecule has 0 amide bonds. The second-order valence-electron chi connectivity index (χ2n) is 4.32. The first-order chi connectivity index (χ1) is 6.86. The zero-order chi connectivity index (χ0) is 9.80. The van der Waals surface area contributed by atoms with E-state index in [1.165, 1.54) is 24.3 Å². The van der Waals surface area contributed by atoms with E-state index in [4.69, 9.17) is 0 Å². The van der Waals surface area contributed by atoms with Gasteiger partial charge in [-0.05, 0) is 43.0 Å². The zero-order valence-corrected chi connectivity index (χ0v) is 9.52. The minimum absolute atomic E-state index is 0.369. The molecular formula is C12H19OS+. The second-order valence-corrected chi connectivity index (χ2v) is 6.65. The molecule has 0 bridgehead atoms. The van der Waals surface area contributed by atoms with Crippen LogP contribution in [0.5, 0.6) is 0 Å². The van der Waals surface area contributed by atoms with E-state index in [1.807, 2.05) is 0 Å². The van der Waals surface area contributed by atoms with Crippen LogP contribution in [0.25, 0.3) is 0 Å². The van der Waals surface area contributed by atoms with E-state index in [-0.39, 0.29) is 0 Å². The first kappa shape index (κ1) is 10.3. The quantitative estimate of drug-likeness (QED) is 0.517. The standard InChI is InChI=1S/C12H19OS/c13-12(10-14-8-4-5-9-14)11-6-2-1-3-7-11/h1-2,11H,3-10H2/q+1. The second kappa shape index (κ2) is 5.01. The lowest BCUT2D eigenvalue weighted by atomic mass is 9.91. The maximum absolute atomic E-state index is 11.9. The molecule has 1 fully saturated rings. The lowest BCUT2D eigenvalue weighted by Gasteiger charge is -2.15. The van der Waals surface area contributed by atoms with Crippen molar-refractivity contribution in [1.29, 1.82) is 0 Å². The monoisotopic (exact) mass is 211 g/mol. The van der Waals surface area contributed by atoms with Gasteiger partial charge in [0.1, 0.15) is 11.5 Å². The van der Waals surface area contributed by atoms with Crippen molar-refractivity contribution < 1.29 is 4.79 Å². The fourth-order valence-electron chi connectivity index (χ4n) is 2.26. The van der Waals surface area contributed by atoms with Crippen molar-refractivity contribution >= 4 is 16.7 Å². The fourth-order valence-corrected chi connectivity index (χ4v) is 4.62. The van der Waals surface area contributed by atoms with Crippen molar-refractivity contribution in [3.05, 3.63) is 12.2 Å². The topological polar surface area (TPSA) is 17.1 Å². The number of hydrogen-bond donors (Lipinski definition) is 0. The summed E-state index contributed by atoms with van der Waals surface area (Å²) in [7, 11) is 0.467. The molecule has 1 heterocycles. The van der Waals surface area contributed by atoms with Crippen molar-refractivity contribution in [2.45, 2.75) is 32.1 Å². The summed E-state index contributed by atoms with van der Waals surface area (Å²) in [6.45, 7) is 0. The van der Waals surface area contributed by atoms with Gasteiger partial charge in [0.15, 0.2) is 11.5 Å². The van der Waals surface area contributed by atoms with Crippen LogP contribution in [0.3, 0.4) is 0 Å². The molecule has 14 heavy (non-hydrogen) atoms. The number of hydrogen-bond acceptors (Lipinski definition) is 1. The minimum atomic E-state index is 0.369. The third-order valence-electron chi connectivity index (χ3n) is 3.19. The van der Waals surface area contributed by atoms with Gasteiger partial charge in [-0.15, -0.1) is 0 Å². The van der Waals surface area contributed by atoms with Gasteiger partial charge in [-0.1, -0.05) is 12.2 Å². The molecule has 1 unspecified atom stereocenters. The van der Waals surface area contributed by atoms with Crippen molar-refractivity contribution in [1.82, 2.24) is 0 Å². The molecule has 78 valence electrons.